The number of aryl methyl sites for hydroxylation is 1. The van der Waals surface area contributed by atoms with Gasteiger partial charge < -0.3 is 5.32 Å². The Balaban J connectivity index is 2.06. The highest BCUT2D eigenvalue weighted by molar-refractivity contribution is 6.31. The van der Waals surface area contributed by atoms with Crippen molar-refractivity contribution in [1.29, 1.82) is 0 Å². The molecule has 0 amide bonds. The molecule has 1 saturated carbocycles. The molecule has 0 saturated heterocycles. The molecule has 1 nitrogen and oxygen atoms in total. The first-order valence-electron chi connectivity index (χ1n) is 8.16. The Kier molecular flexibility index (Phi) is 6.38. The van der Waals surface area contributed by atoms with Crippen LogP contribution in [0.4, 0.5) is 0 Å². The Morgan fingerprint density at radius 1 is 1.15 bits per heavy atom. The summed E-state index contributed by atoms with van der Waals surface area (Å²) in [6.07, 6.45) is 8.07. The Hall–Kier alpha value is -0.530. The van der Waals surface area contributed by atoms with Gasteiger partial charge in [-0.1, -0.05) is 49.9 Å². The molecule has 0 bridgehead atoms. The van der Waals surface area contributed by atoms with Crippen LogP contribution in [-0.4, -0.2) is 13.1 Å². The molecule has 2 heteroatoms. The molecule has 0 aromatic heterocycles. The highest BCUT2D eigenvalue weighted by atomic mass is 35.5. The Bertz CT molecular complexity index is 416. The zero-order valence-electron chi connectivity index (χ0n) is 12.9. The summed E-state index contributed by atoms with van der Waals surface area (Å²) in [6.45, 7) is 6.55. The minimum atomic E-state index is 0.789. The van der Waals surface area contributed by atoms with Gasteiger partial charge in [0.2, 0.25) is 0 Å². The predicted octanol–water partition coefficient (Wildman–Crippen LogP) is 5.00. The minimum absolute atomic E-state index is 0.789. The van der Waals surface area contributed by atoms with E-state index in [1.807, 2.05) is 0 Å². The van der Waals surface area contributed by atoms with Crippen molar-refractivity contribution in [3.05, 3.63) is 34.3 Å². The van der Waals surface area contributed by atoms with Crippen molar-refractivity contribution in [2.45, 2.75) is 52.4 Å². The van der Waals surface area contributed by atoms with E-state index in [4.69, 9.17) is 11.6 Å². The summed E-state index contributed by atoms with van der Waals surface area (Å²) in [7, 11) is 0. The number of halogens is 1. The first-order chi connectivity index (χ1) is 9.70. The molecule has 0 heterocycles. The third kappa shape index (κ3) is 4.49. The van der Waals surface area contributed by atoms with Gasteiger partial charge >= 0.3 is 0 Å². The molecular formula is C18H28ClN. The van der Waals surface area contributed by atoms with Crippen LogP contribution in [0.5, 0.6) is 0 Å². The molecule has 0 radical (unpaired) electrons. The first-order valence-corrected chi connectivity index (χ1v) is 8.54. The average Bonchev–Trinajstić information content (AvgIpc) is 2.65. The van der Waals surface area contributed by atoms with Gasteiger partial charge in [0, 0.05) is 5.02 Å². The fourth-order valence-electron chi connectivity index (χ4n) is 3.43. The molecule has 0 spiro atoms. The molecule has 1 aliphatic rings. The molecule has 1 aliphatic carbocycles. The van der Waals surface area contributed by atoms with Gasteiger partial charge in [-0.2, -0.15) is 0 Å². The van der Waals surface area contributed by atoms with Gasteiger partial charge in [-0.15, -0.1) is 0 Å². The van der Waals surface area contributed by atoms with Crippen LogP contribution in [0.15, 0.2) is 18.2 Å². The van der Waals surface area contributed by atoms with E-state index < -0.39 is 0 Å². The molecule has 2 rings (SSSR count). The maximum Gasteiger partial charge on any atom is 0.0440 e. The van der Waals surface area contributed by atoms with E-state index in [9.17, 15) is 0 Å². The van der Waals surface area contributed by atoms with Gasteiger partial charge in [0.05, 0.1) is 0 Å². The molecule has 1 fully saturated rings. The molecule has 20 heavy (non-hydrogen) atoms. The first kappa shape index (κ1) is 15.9. The lowest BCUT2D eigenvalue weighted by atomic mass is 9.83. The van der Waals surface area contributed by atoms with Gasteiger partial charge in [-0.05, 0) is 68.3 Å². The van der Waals surface area contributed by atoms with Crippen molar-refractivity contribution in [2.24, 2.45) is 11.8 Å². The van der Waals surface area contributed by atoms with Crippen molar-refractivity contribution >= 4 is 11.6 Å². The van der Waals surface area contributed by atoms with Gasteiger partial charge in [-0.3, -0.25) is 0 Å². The number of rotatable bonds is 5. The summed E-state index contributed by atoms with van der Waals surface area (Å²) >= 11 is 6.43. The average molecular weight is 294 g/mol. The smallest absolute Gasteiger partial charge is 0.0440 e. The topological polar surface area (TPSA) is 12.0 Å². The normalized spacial score (nSPS) is 23.6. The highest BCUT2D eigenvalue weighted by Crippen LogP contribution is 2.33. The Labute approximate surface area is 129 Å². The molecule has 2 atom stereocenters. The van der Waals surface area contributed by atoms with E-state index in [-0.39, 0.29) is 0 Å². The van der Waals surface area contributed by atoms with E-state index >= 15 is 0 Å². The van der Waals surface area contributed by atoms with E-state index in [1.165, 1.54) is 49.8 Å². The van der Waals surface area contributed by atoms with Crippen LogP contribution < -0.4 is 5.32 Å². The van der Waals surface area contributed by atoms with Gasteiger partial charge in [0.1, 0.15) is 0 Å². The minimum Gasteiger partial charge on any atom is -0.317 e. The number of benzene rings is 1. The van der Waals surface area contributed by atoms with Crippen LogP contribution in [0, 0.1) is 18.8 Å². The lowest BCUT2D eigenvalue weighted by molar-refractivity contribution is 0.299. The summed E-state index contributed by atoms with van der Waals surface area (Å²) in [6, 6.07) is 6.52. The summed E-state index contributed by atoms with van der Waals surface area (Å²) < 4.78 is 0. The van der Waals surface area contributed by atoms with Crippen molar-refractivity contribution in [2.75, 3.05) is 13.1 Å². The van der Waals surface area contributed by atoms with Crippen LogP contribution >= 0.6 is 11.6 Å². The van der Waals surface area contributed by atoms with Crippen LogP contribution in [0.2, 0.25) is 5.02 Å². The van der Waals surface area contributed by atoms with Crippen LogP contribution in [0.25, 0.3) is 0 Å². The standard InChI is InChI=1S/C18H28ClN/c1-3-20-13-17-8-6-4-5-7-15(17)12-16-10-9-14(2)11-18(16)19/h9-11,15,17,20H,3-8,12-13H2,1-2H3. The van der Waals surface area contributed by atoms with E-state index in [0.717, 1.165) is 29.8 Å². The zero-order valence-corrected chi connectivity index (χ0v) is 13.7. The van der Waals surface area contributed by atoms with Gasteiger partial charge in [0.15, 0.2) is 0 Å². The van der Waals surface area contributed by atoms with Gasteiger partial charge in [0.25, 0.3) is 0 Å². The van der Waals surface area contributed by atoms with Crippen molar-refractivity contribution in [1.82, 2.24) is 5.32 Å². The quantitative estimate of drug-likeness (QED) is 0.754. The summed E-state index contributed by atoms with van der Waals surface area (Å²) in [5, 5.41) is 4.51. The van der Waals surface area contributed by atoms with Gasteiger partial charge in [-0.25, -0.2) is 0 Å². The van der Waals surface area contributed by atoms with Crippen LogP contribution in [0.3, 0.4) is 0 Å². The number of hydrogen-bond donors (Lipinski definition) is 1. The van der Waals surface area contributed by atoms with Crippen LogP contribution in [0.1, 0.15) is 50.2 Å². The lowest BCUT2D eigenvalue weighted by Crippen LogP contribution is -2.28. The third-order valence-corrected chi connectivity index (χ3v) is 5.02. The number of nitrogens with one attached hydrogen (secondary N) is 1. The Morgan fingerprint density at radius 3 is 2.60 bits per heavy atom. The zero-order chi connectivity index (χ0) is 14.4. The molecular weight excluding hydrogens is 266 g/mol. The monoisotopic (exact) mass is 293 g/mol. The van der Waals surface area contributed by atoms with E-state index in [1.54, 1.807) is 0 Å². The Morgan fingerprint density at radius 2 is 1.90 bits per heavy atom. The van der Waals surface area contributed by atoms with Crippen LogP contribution in [-0.2, 0) is 6.42 Å². The molecule has 1 N–H and O–H groups in total. The van der Waals surface area contributed by atoms with Crippen molar-refractivity contribution < 1.29 is 0 Å². The molecule has 2 unspecified atom stereocenters. The third-order valence-electron chi connectivity index (χ3n) is 4.66. The molecule has 112 valence electrons. The van der Waals surface area contributed by atoms with Crippen molar-refractivity contribution in [3.63, 3.8) is 0 Å². The fraction of sp³-hybridized carbons (Fsp3) is 0.667. The molecule has 0 aliphatic heterocycles. The summed E-state index contributed by atoms with van der Waals surface area (Å²) in [5.41, 5.74) is 2.59. The molecule has 1 aromatic carbocycles. The maximum absolute atomic E-state index is 6.43. The second-order valence-corrected chi connectivity index (χ2v) is 6.67. The highest BCUT2D eigenvalue weighted by Gasteiger charge is 2.24. The second-order valence-electron chi connectivity index (χ2n) is 6.26. The molecule has 1 aromatic rings. The predicted molar refractivity (Wildman–Crippen MR) is 88.5 cm³/mol. The maximum atomic E-state index is 6.43. The fourth-order valence-corrected chi connectivity index (χ4v) is 3.74. The second kappa shape index (κ2) is 8.05. The SMILES string of the molecule is CCNCC1CCCCCC1Cc1ccc(C)cc1Cl. The number of hydrogen-bond acceptors (Lipinski definition) is 1. The summed E-state index contributed by atoms with van der Waals surface area (Å²) in [4.78, 5) is 0. The van der Waals surface area contributed by atoms with Crippen molar-refractivity contribution in [3.8, 4) is 0 Å². The van der Waals surface area contributed by atoms with E-state index in [2.05, 4.69) is 37.4 Å². The largest absolute Gasteiger partial charge is 0.317 e. The summed E-state index contributed by atoms with van der Waals surface area (Å²) in [5.74, 6) is 1.60. The van der Waals surface area contributed by atoms with E-state index in [0.29, 0.717) is 0 Å². The lowest BCUT2D eigenvalue weighted by Gasteiger charge is -2.26.